The number of nitrogens with zero attached hydrogens (tertiary/aromatic N) is 1. The van der Waals surface area contributed by atoms with Crippen molar-refractivity contribution in [3.63, 3.8) is 0 Å². The molecule has 4 aromatic rings. The van der Waals surface area contributed by atoms with Crippen LogP contribution in [-0.2, 0) is 10.3 Å². The lowest BCUT2D eigenvalue weighted by Gasteiger charge is -2.21. The van der Waals surface area contributed by atoms with Crippen molar-refractivity contribution in [1.29, 1.82) is 0 Å². The number of carboxylic acids is 1. The minimum absolute atomic E-state index is 0.0528. The van der Waals surface area contributed by atoms with Gasteiger partial charge in [0.1, 0.15) is 0 Å². The van der Waals surface area contributed by atoms with Gasteiger partial charge in [0.25, 0.3) is 0 Å². The molecule has 0 fully saturated rings. The fraction of sp³-hybridized carbons (Fsp3) is 0.148. The molecule has 8 nitrogen and oxygen atoms in total. The zero-order chi connectivity index (χ0) is 25.3. The summed E-state index contributed by atoms with van der Waals surface area (Å²) in [5, 5.41) is 21.3. The van der Waals surface area contributed by atoms with E-state index in [1.165, 1.54) is 13.2 Å². The summed E-state index contributed by atoms with van der Waals surface area (Å²) < 4.78 is 4.79. The Morgan fingerprint density at radius 2 is 1.71 bits per heavy atom. The molecule has 4 rings (SSSR count). The van der Waals surface area contributed by atoms with Gasteiger partial charge in [0.05, 0.1) is 35.2 Å². The standard InChI is InChI=1S/C27H25N3O5/c1-27(2,28)20-12-10-17(14-19(20)25(32)33)29-23(15-7-5-4-6-8-15)22-18-11-9-16(26(34)35-3)13-21(18)30-24(22)31/h4-14,30-31H,28H2,1-3H3,(H,32,33). The Balaban J connectivity index is 1.95. The minimum Gasteiger partial charge on any atom is -0.494 e. The number of nitrogens with one attached hydrogen (secondary N) is 1. The topological polar surface area (TPSA) is 138 Å². The van der Waals surface area contributed by atoms with Gasteiger partial charge < -0.3 is 25.7 Å². The molecule has 1 heterocycles. The minimum atomic E-state index is -1.11. The third kappa shape index (κ3) is 4.64. The number of aromatic amines is 1. The van der Waals surface area contributed by atoms with E-state index in [0.29, 0.717) is 44.6 Å². The van der Waals surface area contributed by atoms with Crippen molar-refractivity contribution in [3.8, 4) is 5.88 Å². The first kappa shape index (κ1) is 23.7. The van der Waals surface area contributed by atoms with Crippen molar-refractivity contribution in [2.75, 3.05) is 7.11 Å². The lowest BCUT2D eigenvalue weighted by Crippen LogP contribution is -2.30. The summed E-state index contributed by atoms with van der Waals surface area (Å²) in [6, 6.07) is 18.9. The SMILES string of the molecule is COC(=O)c1ccc2c(C(=Nc3ccc(C(C)(C)N)c(C(=O)O)c3)c3ccccc3)c(O)[nH]c2c1. The van der Waals surface area contributed by atoms with Crippen LogP contribution in [0.2, 0.25) is 0 Å². The molecule has 0 atom stereocenters. The number of aromatic nitrogens is 1. The van der Waals surface area contributed by atoms with Crippen molar-refractivity contribution >= 4 is 34.2 Å². The van der Waals surface area contributed by atoms with Crippen molar-refractivity contribution in [2.24, 2.45) is 10.7 Å². The van der Waals surface area contributed by atoms with E-state index in [4.69, 9.17) is 15.5 Å². The number of benzene rings is 3. The van der Waals surface area contributed by atoms with Gasteiger partial charge in [-0.3, -0.25) is 0 Å². The van der Waals surface area contributed by atoms with Crippen molar-refractivity contribution < 1.29 is 24.5 Å². The number of carbonyl (C=O) groups is 2. The molecular formula is C27H25N3O5. The average Bonchev–Trinajstić information content (AvgIpc) is 3.16. The normalized spacial score (nSPS) is 12.1. The van der Waals surface area contributed by atoms with Gasteiger partial charge in [-0.15, -0.1) is 0 Å². The molecule has 0 bridgehead atoms. The third-order valence-electron chi connectivity index (χ3n) is 5.65. The second-order valence-electron chi connectivity index (χ2n) is 8.68. The number of fused-ring (bicyclic) bond motifs is 1. The van der Waals surface area contributed by atoms with Gasteiger partial charge >= 0.3 is 11.9 Å². The maximum absolute atomic E-state index is 12.0. The van der Waals surface area contributed by atoms with E-state index in [2.05, 4.69) is 4.98 Å². The number of esters is 1. The Morgan fingerprint density at radius 3 is 2.34 bits per heavy atom. The van der Waals surface area contributed by atoms with Crippen molar-refractivity contribution in [1.82, 2.24) is 4.98 Å². The summed E-state index contributed by atoms with van der Waals surface area (Å²) in [4.78, 5) is 31.6. The maximum Gasteiger partial charge on any atom is 0.337 e. The summed E-state index contributed by atoms with van der Waals surface area (Å²) in [5.41, 5.74) is 8.64. The Morgan fingerprint density at radius 1 is 1.00 bits per heavy atom. The molecule has 3 aromatic carbocycles. The Kier molecular flexibility index (Phi) is 6.15. The zero-order valence-corrected chi connectivity index (χ0v) is 19.5. The van der Waals surface area contributed by atoms with E-state index < -0.39 is 17.5 Å². The molecular weight excluding hydrogens is 446 g/mol. The van der Waals surface area contributed by atoms with Gasteiger partial charge in [0.2, 0.25) is 0 Å². The number of carbonyl (C=O) groups excluding carboxylic acids is 1. The summed E-state index contributed by atoms with van der Waals surface area (Å²) in [6.45, 7) is 3.47. The summed E-state index contributed by atoms with van der Waals surface area (Å²) in [6.07, 6.45) is 0. The van der Waals surface area contributed by atoms with E-state index in [9.17, 15) is 19.8 Å². The van der Waals surface area contributed by atoms with Gasteiger partial charge in [0, 0.05) is 22.0 Å². The number of aromatic carboxylic acids is 1. The highest BCUT2D eigenvalue weighted by atomic mass is 16.5. The molecule has 1 aromatic heterocycles. The number of ether oxygens (including phenoxy) is 1. The molecule has 0 spiro atoms. The van der Waals surface area contributed by atoms with Crippen LogP contribution in [0, 0.1) is 0 Å². The first-order valence-corrected chi connectivity index (χ1v) is 10.8. The molecule has 0 aliphatic rings. The molecule has 0 aliphatic heterocycles. The van der Waals surface area contributed by atoms with Gasteiger partial charge in [-0.25, -0.2) is 14.6 Å². The van der Waals surface area contributed by atoms with Crippen molar-refractivity contribution in [2.45, 2.75) is 19.4 Å². The predicted molar refractivity (Wildman–Crippen MR) is 134 cm³/mol. The van der Waals surface area contributed by atoms with Crippen LogP contribution in [0.25, 0.3) is 10.9 Å². The summed E-state index contributed by atoms with van der Waals surface area (Å²) >= 11 is 0. The molecule has 0 unspecified atom stereocenters. The van der Waals surface area contributed by atoms with Crippen LogP contribution in [0.15, 0.2) is 71.7 Å². The van der Waals surface area contributed by atoms with Gasteiger partial charge in [-0.2, -0.15) is 0 Å². The smallest absolute Gasteiger partial charge is 0.337 e. The number of H-pyrrole nitrogens is 1. The molecule has 178 valence electrons. The third-order valence-corrected chi connectivity index (χ3v) is 5.65. The Bertz CT molecular complexity index is 1460. The average molecular weight is 472 g/mol. The molecule has 0 aliphatic carbocycles. The summed E-state index contributed by atoms with van der Waals surface area (Å²) in [7, 11) is 1.30. The van der Waals surface area contributed by atoms with Crippen LogP contribution < -0.4 is 5.73 Å². The Labute approximate surface area is 201 Å². The molecule has 0 amide bonds. The molecule has 35 heavy (non-hydrogen) atoms. The molecule has 0 saturated carbocycles. The van der Waals surface area contributed by atoms with E-state index in [1.54, 1.807) is 44.2 Å². The number of rotatable bonds is 6. The number of hydrogen-bond acceptors (Lipinski definition) is 6. The highest BCUT2D eigenvalue weighted by Gasteiger charge is 2.24. The maximum atomic E-state index is 12.0. The van der Waals surface area contributed by atoms with Crippen LogP contribution in [0.5, 0.6) is 5.88 Å². The van der Waals surface area contributed by atoms with Crippen molar-refractivity contribution in [3.05, 3.63) is 94.5 Å². The van der Waals surface area contributed by atoms with Gasteiger partial charge in [0.15, 0.2) is 5.88 Å². The number of aromatic hydroxyl groups is 1. The molecule has 5 N–H and O–H groups in total. The highest BCUT2D eigenvalue weighted by molar-refractivity contribution is 6.22. The van der Waals surface area contributed by atoms with Crippen LogP contribution in [0.3, 0.4) is 0 Å². The molecule has 0 radical (unpaired) electrons. The fourth-order valence-electron chi connectivity index (χ4n) is 4.00. The predicted octanol–water partition coefficient (Wildman–Crippen LogP) is 4.72. The Hall–Kier alpha value is -4.43. The van der Waals surface area contributed by atoms with Gasteiger partial charge in [-0.1, -0.05) is 42.5 Å². The quantitative estimate of drug-likeness (QED) is 0.237. The summed E-state index contributed by atoms with van der Waals surface area (Å²) in [5.74, 6) is -1.74. The lowest BCUT2D eigenvalue weighted by molar-refractivity contribution is 0.0600. The number of aliphatic imine (C=N–C) groups is 1. The number of carboxylic acid groups (broad SMARTS) is 1. The molecule has 0 saturated heterocycles. The zero-order valence-electron chi connectivity index (χ0n) is 19.5. The van der Waals surface area contributed by atoms with Crippen LogP contribution >= 0.6 is 0 Å². The van der Waals surface area contributed by atoms with Crippen LogP contribution in [0.4, 0.5) is 5.69 Å². The largest absolute Gasteiger partial charge is 0.494 e. The number of hydrogen-bond donors (Lipinski definition) is 4. The van der Waals surface area contributed by atoms with E-state index in [-0.39, 0.29) is 11.4 Å². The van der Waals surface area contributed by atoms with E-state index in [1.807, 2.05) is 30.3 Å². The van der Waals surface area contributed by atoms with Crippen LogP contribution in [0.1, 0.15) is 51.3 Å². The van der Waals surface area contributed by atoms with E-state index >= 15 is 0 Å². The number of nitrogens with two attached hydrogens (primary N) is 1. The first-order chi connectivity index (χ1) is 16.6. The van der Waals surface area contributed by atoms with Crippen LogP contribution in [-0.4, -0.2) is 40.0 Å². The monoisotopic (exact) mass is 471 g/mol. The lowest BCUT2D eigenvalue weighted by atomic mass is 9.90. The highest BCUT2D eigenvalue weighted by Crippen LogP contribution is 2.33. The first-order valence-electron chi connectivity index (χ1n) is 10.8. The number of methoxy groups -OCH3 is 1. The van der Waals surface area contributed by atoms with E-state index in [0.717, 1.165) is 0 Å². The fourth-order valence-corrected chi connectivity index (χ4v) is 4.00. The second-order valence-corrected chi connectivity index (χ2v) is 8.68. The molecule has 8 heteroatoms. The second kappa shape index (κ2) is 9.08. The van der Waals surface area contributed by atoms with Gasteiger partial charge in [-0.05, 0) is 43.7 Å².